The molecule has 128 valence electrons. The number of thiophene rings is 1. The van der Waals surface area contributed by atoms with Gasteiger partial charge < -0.3 is 5.32 Å². The van der Waals surface area contributed by atoms with E-state index < -0.39 is 0 Å². The summed E-state index contributed by atoms with van der Waals surface area (Å²) in [4.78, 5) is 8.27. The first kappa shape index (κ1) is 16.5. The predicted octanol–water partition coefficient (Wildman–Crippen LogP) is 4.03. The van der Waals surface area contributed by atoms with E-state index in [2.05, 4.69) is 69.1 Å². The van der Waals surface area contributed by atoms with Crippen LogP contribution in [0.4, 0.5) is 0 Å². The molecule has 4 heteroatoms. The molecule has 1 atom stereocenters. The van der Waals surface area contributed by atoms with Crippen molar-refractivity contribution >= 4 is 11.3 Å². The maximum Gasteiger partial charge on any atom is 0.0476 e. The lowest BCUT2D eigenvalue weighted by Crippen LogP contribution is -2.38. The van der Waals surface area contributed by atoms with Gasteiger partial charge in [-0.3, -0.25) is 9.88 Å². The zero-order valence-electron chi connectivity index (χ0n) is 14.3. The van der Waals surface area contributed by atoms with Gasteiger partial charge in [0.15, 0.2) is 0 Å². The molecule has 1 aliphatic rings. The van der Waals surface area contributed by atoms with Crippen molar-refractivity contribution < 1.29 is 0 Å². The lowest BCUT2D eigenvalue weighted by atomic mass is 10.0. The summed E-state index contributed by atoms with van der Waals surface area (Å²) in [5.74, 6) is 0. The fraction of sp³-hybridized carbons (Fsp3) is 0.286. The Balaban J connectivity index is 1.47. The first-order chi connectivity index (χ1) is 12.4. The van der Waals surface area contributed by atoms with Gasteiger partial charge in [0.2, 0.25) is 0 Å². The smallest absolute Gasteiger partial charge is 0.0476 e. The molecule has 1 N–H and O–H groups in total. The van der Waals surface area contributed by atoms with Gasteiger partial charge in [-0.15, -0.1) is 11.3 Å². The highest BCUT2D eigenvalue weighted by atomic mass is 32.1. The Morgan fingerprint density at radius 3 is 2.76 bits per heavy atom. The largest absolute Gasteiger partial charge is 0.311 e. The van der Waals surface area contributed by atoms with Crippen LogP contribution in [-0.4, -0.2) is 23.0 Å². The summed E-state index contributed by atoms with van der Waals surface area (Å²) in [5, 5.41) is 5.88. The minimum Gasteiger partial charge on any atom is -0.311 e. The van der Waals surface area contributed by atoms with E-state index in [1.807, 2.05) is 23.7 Å². The van der Waals surface area contributed by atoms with Crippen LogP contribution in [0.3, 0.4) is 0 Å². The van der Waals surface area contributed by atoms with Crippen molar-refractivity contribution in [3.63, 3.8) is 0 Å². The van der Waals surface area contributed by atoms with E-state index in [1.165, 1.54) is 23.1 Å². The minimum absolute atomic E-state index is 0.399. The number of nitrogens with one attached hydrogen (secondary N) is 1. The number of hydrogen-bond donors (Lipinski definition) is 1. The normalized spacial score (nSPS) is 15.7. The maximum absolute atomic E-state index is 4.09. The van der Waals surface area contributed by atoms with Gasteiger partial charge in [-0.05, 0) is 46.7 Å². The average Bonchev–Trinajstić information content (AvgIpc) is 3.14. The van der Waals surface area contributed by atoms with E-state index in [0.717, 1.165) is 26.2 Å². The van der Waals surface area contributed by atoms with Crippen LogP contribution in [-0.2, 0) is 19.5 Å². The summed E-state index contributed by atoms with van der Waals surface area (Å²) in [5.41, 5.74) is 4.18. The van der Waals surface area contributed by atoms with Crippen LogP contribution in [0.25, 0.3) is 0 Å². The number of benzene rings is 1. The first-order valence-electron chi connectivity index (χ1n) is 8.84. The van der Waals surface area contributed by atoms with Gasteiger partial charge in [0, 0.05) is 49.5 Å². The molecule has 0 fully saturated rings. The first-order valence-corrected chi connectivity index (χ1v) is 9.72. The number of rotatable bonds is 6. The molecular formula is C21H23N3S. The number of aromatic nitrogens is 1. The quantitative estimate of drug-likeness (QED) is 0.728. The van der Waals surface area contributed by atoms with E-state index >= 15 is 0 Å². The topological polar surface area (TPSA) is 28.2 Å². The second-order valence-electron chi connectivity index (χ2n) is 6.50. The molecule has 3 aromatic rings. The monoisotopic (exact) mass is 349 g/mol. The fourth-order valence-electron chi connectivity index (χ4n) is 3.52. The Bertz CT molecular complexity index is 785. The zero-order valence-corrected chi connectivity index (χ0v) is 15.1. The number of nitrogens with zero attached hydrogens (tertiary/aromatic N) is 2. The number of pyridine rings is 1. The summed E-state index contributed by atoms with van der Waals surface area (Å²) in [6.45, 7) is 4.01. The molecule has 2 aromatic heterocycles. The second kappa shape index (κ2) is 7.91. The Morgan fingerprint density at radius 2 is 1.92 bits per heavy atom. The minimum atomic E-state index is 0.399. The van der Waals surface area contributed by atoms with Crippen molar-refractivity contribution in [3.8, 4) is 0 Å². The van der Waals surface area contributed by atoms with Gasteiger partial charge in [-0.25, -0.2) is 0 Å². The molecule has 0 bridgehead atoms. The van der Waals surface area contributed by atoms with Gasteiger partial charge in [-0.1, -0.05) is 30.3 Å². The fourth-order valence-corrected chi connectivity index (χ4v) is 4.41. The highest BCUT2D eigenvalue weighted by Crippen LogP contribution is 2.30. The average molecular weight is 350 g/mol. The molecular weight excluding hydrogens is 326 g/mol. The summed E-state index contributed by atoms with van der Waals surface area (Å²) in [6.07, 6.45) is 4.88. The molecule has 3 heterocycles. The standard InChI is InChI=1S/C21H23N3S/c1-2-4-18(5-3-1)20(15-23-14-17-6-10-22-11-7-17)24-12-8-21-19(16-24)9-13-25-21/h1-7,9-11,13,20,23H,8,12,14-16H2. The van der Waals surface area contributed by atoms with Gasteiger partial charge in [0.25, 0.3) is 0 Å². The molecule has 0 saturated heterocycles. The summed E-state index contributed by atoms with van der Waals surface area (Å²) < 4.78 is 0. The van der Waals surface area contributed by atoms with E-state index in [9.17, 15) is 0 Å². The van der Waals surface area contributed by atoms with Crippen molar-refractivity contribution in [1.82, 2.24) is 15.2 Å². The lowest BCUT2D eigenvalue weighted by Gasteiger charge is -2.35. The Morgan fingerprint density at radius 1 is 1.08 bits per heavy atom. The third kappa shape index (κ3) is 3.98. The van der Waals surface area contributed by atoms with E-state index in [4.69, 9.17) is 0 Å². The van der Waals surface area contributed by atoms with Crippen LogP contribution < -0.4 is 5.32 Å². The van der Waals surface area contributed by atoms with Crippen molar-refractivity contribution in [3.05, 3.63) is 87.9 Å². The SMILES string of the molecule is c1ccc(C(CNCc2ccncc2)N2CCc3sccc3C2)cc1. The van der Waals surface area contributed by atoms with Crippen LogP contribution in [0.15, 0.2) is 66.3 Å². The van der Waals surface area contributed by atoms with Crippen molar-refractivity contribution in [2.75, 3.05) is 13.1 Å². The van der Waals surface area contributed by atoms with Gasteiger partial charge >= 0.3 is 0 Å². The van der Waals surface area contributed by atoms with Crippen LogP contribution in [0.5, 0.6) is 0 Å². The molecule has 1 aromatic carbocycles. The zero-order chi connectivity index (χ0) is 16.9. The summed E-state index contributed by atoms with van der Waals surface area (Å²) in [7, 11) is 0. The molecule has 1 aliphatic heterocycles. The van der Waals surface area contributed by atoms with Crippen LogP contribution >= 0.6 is 11.3 Å². The molecule has 4 rings (SSSR count). The molecule has 3 nitrogen and oxygen atoms in total. The highest BCUT2D eigenvalue weighted by molar-refractivity contribution is 7.10. The highest BCUT2D eigenvalue weighted by Gasteiger charge is 2.25. The van der Waals surface area contributed by atoms with Gasteiger partial charge in [-0.2, -0.15) is 0 Å². The molecule has 0 saturated carbocycles. The molecule has 25 heavy (non-hydrogen) atoms. The molecule has 0 amide bonds. The number of fused-ring (bicyclic) bond motifs is 1. The van der Waals surface area contributed by atoms with Gasteiger partial charge in [0.1, 0.15) is 0 Å². The third-order valence-electron chi connectivity index (χ3n) is 4.88. The van der Waals surface area contributed by atoms with E-state index in [-0.39, 0.29) is 0 Å². The Hall–Kier alpha value is -2.01. The second-order valence-corrected chi connectivity index (χ2v) is 7.50. The number of hydrogen-bond acceptors (Lipinski definition) is 4. The molecule has 0 radical (unpaired) electrons. The predicted molar refractivity (Wildman–Crippen MR) is 104 cm³/mol. The van der Waals surface area contributed by atoms with Crippen molar-refractivity contribution in [1.29, 1.82) is 0 Å². The molecule has 0 spiro atoms. The molecule has 1 unspecified atom stereocenters. The van der Waals surface area contributed by atoms with E-state index in [0.29, 0.717) is 6.04 Å². The summed E-state index contributed by atoms with van der Waals surface area (Å²) >= 11 is 1.90. The lowest BCUT2D eigenvalue weighted by molar-refractivity contribution is 0.176. The Labute approximate surface area is 153 Å². The van der Waals surface area contributed by atoms with Crippen molar-refractivity contribution in [2.24, 2.45) is 0 Å². The maximum atomic E-state index is 4.09. The summed E-state index contributed by atoms with van der Waals surface area (Å²) in [6, 6.07) is 17.7. The van der Waals surface area contributed by atoms with E-state index in [1.54, 1.807) is 4.88 Å². The van der Waals surface area contributed by atoms with Gasteiger partial charge in [0.05, 0.1) is 0 Å². The Kier molecular flexibility index (Phi) is 5.21. The third-order valence-corrected chi connectivity index (χ3v) is 5.90. The van der Waals surface area contributed by atoms with Crippen molar-refractivity contribution in [2.45, 2.75) is 25.6 Å². The van der Waals surface area contributed by atoms with Crippen LogP contribution in [0.1, 0.15) is 27.6 Å². The van der Waals surface area contributed by atoms with Crippen LogP contribution in [0, 0.1) is 0 Å². The molecule has 0 aliphatic carbocycles. The van der Waals surface area contributed by atoms with Crippen LogP contribution in [0.2, 0.25) is 0 Å².